The molecule has 0 bridgehead atoms. The predicted octanol–water partition coefficient (Wildman–Crippen LogP) is 4.09. The van der Waals surface area contributed by atoms with Crippen molar-refractivity contribution in [2.45, 2.75) is 0 Å². The Morgan fingerprint density at radius 3 is 2.59 bits per heavy atom. The molecule has 1 N–H and O–H groups in total. The Balaban J connectivity index is 1.44. The Labute approximate surface area is 174 Å². The molecule has 0 radical (unpaired) electrons. The van der Waals surface area contributed by atoms with Gasteiger partial charge in [-0.3, -0.25) is 4.98 Å². The number of H-pyrrole nitrogens is 1. The Morgan fingerprint density at radius 2 is 1.86 bits per heavy atom. The van der Waals surface area contributed by atoms with Crippen LogP contribution >= 0.6 is 11.6 Å². The monoisotopic (exact) mass is 404 g/mol. The molecule has 0 spiro atoms. The molecular weight excluding hydrogens is 384 g/mol. The standard InChI is InChI=1S/C22H21ClN6/c1-28-8-10-29(11-9-28)21-6-5-15(14-25-21)22-26-19-12-16(17(23)13-20(19)27-22)18-4-2-3-7-24-18/h2-7,12-14H,8-11H2,1H3,(H,26,27). The van der Waals surface area contributed by atoms with Crippen molar-refractivity contribution in [3.63, 3.8) is 0 Å². The van der Waals surface area contributed by atoms with Crippen LogP contribution in [0.25, 0.3) is 33.7 Å². The van der Waals surface area contributed by atoms with Crippen LogP contribution in [0.3, 0.4) is 0 Å². The number of nitrogens with zero attached hydrogens (tertiary/aromatic N) is 5. The van der Waals surface area contributed by atoms with Crippen LogP contribution in [0.4, 0.5) is 5.82 Å². The normalized spacial score (nSPS) is 15.2. The number of piperazine rings is 1. The second-order valence-electron chi connectivity index (χ2n) is 7.34. The zero-order chi connectivity index (χ0) is 19.8. The molecule has 0 amide bonds. The van der Waals surface area contributed by atoms with E-state index >= 15 is 0 Å². The summed E-state index contributed by atoms with van der Waals surface area (Å²) >= 11 is 6.50. The molecule has 1 aliphatic rings. The van der Waals surface area contributed by atoms with Crippen molar-refractivity contribution in [2.24, 2.45) is 0 Å². The summed E-state index contributed by atoms with van der Waals surface area (Å²) in [5, 5.41) is 0.648. The first-order chi connectivity index (χ1) is 14.2. The number of hydrogen-bond donors (Lipinski definition) is 1. The first-order valence-electron chi connectivity index (χ1n) is 9.68. The van der Waals surface area contributed by atoms with Gasteiger partial charge in [-0.15, -0.1) is 0 Å². The molecule has 6 nitrogen and oxygen atoms in total. The molecule has 0 aliphatic carbocycles. The van der Waals surface area contributed by atoms with Crippen LogP contribution in [0.5, 0.6) is 0 Å². The van der Waals surface area contributed by atoms with Gasteiger partial charge in [-0.1, -0.05) is 17.7 Å². The summed E-state index contributed by atoms with van der Waals surface area (Å²) in [7, 11) is 2.15. The van der Waals surface area contributed by atoms with Crippen molar-refractivity contribution in [2.75, 3.05) is 38.1 Å². The van der Waals surface area contributed by atoms with E-state index in [0.29, 0.717) is 5.02 Å². The minimum atomic E-state index is 0.648. The SMILES string of the molecule is CN1CCN(c2ccc(-c3nc4cc(-c5ccccn5)c(Cl)cc4[nH]3)cn2)CC1. The zero-order valence-corrected chi connectivity index (χ0v) is 16.9. The summed E-state index contributed by atoms with van der Waals surface area (Å²) in [5.41, 5.74) is 4.42. The van der Waals surface area contributed by atoms with Gasteiger partial charge in [0, 0.05) is 49.7 Å². The second kappa shape index (κ2) is 7.46. The van der Waals surface area contributed by atoms with Gasteiger partial charge in [-0.05, 0) is 43.4 Å². The van der Waals surface area contributed by atoms with Gasteiger partial charge >= 0.3 is 0 Å². The molecule has 0 atom stereocenters. The first-order valence-corrected chi connectivity index (χ1v) is 10.1. The van der Waals surface area contributed by atoms with Gasteiger partial charge in [-0.2, -0.15) is 0 Å². The number of likely N-dealkylation sites (N-methyl/N-ethyl adjacent to an activating group) is 1. The lowest BCUT2D eigenvalue weighted by molar-refractivity contribution is 0.312. The average molecular weight is 405 g/mol. The van der Waals surface area contributed by atoms with Gasteiger partial charge in [-0.25, -0.2) is 9.97 Å². The third kappa shape index (κ3) is 3.57. The van der Waals surface area contributed by atoms with E-state index < -0.39 is 0 Å². The number of fused-ring (bicyclic) bond motifs is 1. The highest BCUT2D eigenvalue weighted by Crippen LogP contribution is 2.31. The molecule has 0 saturated carbocycles. The van der Waals surface area contributed by atoms with Crippen molar-refractivity contribution in [1.29, 1.82) is 0 Å². The van der Waals surface area contributed by atoms with Crippen LogP contribution < -0.4 is 4.90 Å². The maximum absolute atomic E-state index is 6.50. The molecule has 3 aromatic heterocycles. The number of aromatic amines is 1. The van der Waals surface area contributed by atoms with E-state index in [1.165, 1.54) is 0 Å². The van der Waals surface area contributed by atoms with Crippen molar-refractivity contribution in [1.82, 2.24) is 24.8 Å². The molecule has 29 heavy (non-hydrogen) atoms. The molecule has 1 aromatic carbocycles. The molecule has 1 fully saturated rings. The lowest BCUT2D eigenvalue weighted by Gasteiger charge is -2.33. The minimum absolute atomic E-state index is 0.648. The molecule has 1 aliphatic heterocycles. The van der Waals surface area contributed by atoms with E-state index in [1.54, 1.807) is 6.20 Å². The third-order valence-corrected chi connectivity index (χ3v) is 5.67. The van der Waals surface area contributed by atoms with E-state index in [1.807, 2.05) is 36.5 Å². The Morgan fingerprint density at radius 1 is 1.00 bits per heavy atom. The number of pyridine rings is 2. The van der Waals surface area contributed by atoms with Crippen molar-refractivity contribution < 1.29 is 0 Å². The zero-order valence-electron chi connectivity index (χ0n) is 16.1. The quantitative estimate of drug-likeness (QED) is 0.557. The molecule has 7 heteroatoms. The molecule has 146 valence electrons. The summed E-state index contributed by atoms with van der Waals surface area (Å²) in [6, 6.07) is 13.8. The second-order valence-corrected chi connectivity index (χ2v) is 7.75. The van der Waals surface area contributed by atoms with Gasteiger partial charge < -0.3 is 14.8 Å². The predicted molar refractivity (Wildman–Crippen MR) is 117 cm³/mol. The summed E-state index contributed by atoms with van der Waals surface area (Å²) in [4.78, 5) is 21.8. The smallest absolute Gasteiger partial charge is 0.140 e. The van der Waals surface area contributed by atoms with E-state index in [2.05, 4.69) is 43.9 Å². The summed E-state index contributed by atoms with van der Waals surface area (Å²) in [5.74, 6) is 1.80. The molecular formula is C22H21ClN6. The number of hydrogen-bond acceptors (Lipinski definition) is 5. The Kier molecular flexibility index (Phi) is 4.66. The minimum Gasteiger partial charge on any atom is -0.354 e. The summed E-state index contributed by atoms with van der Waals surface area (Å²) in [6.45, 7) is 4.13. The highest BCUT2D eigenvalue weighted by atomic mass is 35.5. The van der Waals surface area contributed by atoms with Crippen LogP contribution in [-0.4, -0.2) is 58.1 Å². The largest absolute Gasteiger partial charge is 0.354 e. The van der Waals surface area contributed by atoms with Crippen LogP contribution in [0.1, 0.15) is 0 Å². The Bertz CT molecular complexity index is 1130. The van der Waals surface area contributed by atoms with Crippen molar-refractivity contribution >= 4 is 28.5 Å². The van der Waals surface area contributed by atoms with Gasteiger partial charge in [0.15, 0.2) is 0 Å². The number of anilines is 1. The molecule has 1 saturated heterocycles. The van der Waals surface area contributed by atoms with Crippen LogP contribution in [0.15, 0.2) is 54.9 Å². The van der Waals surface area contributed by atoms with E-state index in [0.717, 1.165) is 65.7 Å². The first kappa shape index (κ1) is 18.1. The lowest BCUT2D eigenvalue weighted by Crippen LogP contribution is -2.44. The fraction of sp³-hybridized carbons (Fsp3) is 0.227. The molecule has 0 unspecified atom stereocenters. The summed E-state index contributed by atoms with van der Waals surface area (Å²) in [6.07, 6.45) is 3.64. The fourth-order valence-electron chi connectivity index (χ4n) is 3.63. The third-order valence-electron chi connectivity index (χ3n) is 5.36. The number of halogens is 1. The lowest BCUT2D eigenvalue weighted by atomic mass is 10.1. The molecule has 5 rings (SSSR count). The number of rotatable bonds is 3. The maximum atomic E-state index is 6.50. The van der Waals surface area contributed by atoms with Crippen molar-refractivity contribution in [3.8, 4) is 22.6 Å². The highest BCUT2D eigenvalue weighted by molar-refractivity contribution is 6.34. The topological polar surface area (TPSA) is 60.9 Å². The average Bonchev–Trinajstić information content (AvgIpc) is 3.17. The summed E-state index contributed by atoms with van der Waals surface area (Å²) < 4.78 is 0. The van der Waals surface area contributed by atoms with Gasteiger partial charge in [0.2, 0.25) is 0 Å². The number of benzene rings is 1. The highest BCUT2D eigenvalue weighted by Gasteiger charge is 2.16. The van der Waals surface area contributed by atoms with Crippen LogP contribution in [0.2, 0.25) is 5.02 Å². The van der Waals surface area contributed by atoms with E-state index in [9.17, 15) is 0 Å². The molecule has 4 aromatic rings. The number of nitrogens with one attached hydrogen (secondary N) is 1. The maximum Gasteiger partial charge on any atom is 0.140 e. The van der Waals surface area contributed by atoms with Crippen LogP contribution in [0, 0.1) is 0 Å². The Hall–Kier alpha value is -2.96. The van der Waals surface area contributed by atoms with E-state index in [-0.39, 0.29) is 0 Å². The van der Waals surface area contributed by atoms with Gasteiger partial charge in [0.25, 0.3) is 0 Å². The van der Waals surface area contributed by atoms with Crippen LogP contribution in [-0.2, 0) is 0 Å². The van der Waals surface area contributed by atoms with E-state index in [4.69, 9.17) is 16.6 Å². The number of aromatic nitrogens is 4. The van der Waals surface area contributed by atoms with Gasteiger partial charge in [0.1, 0.15) is 11.6 Å². The van der Waals surface area contributed by atoms with Gasteiger partial charge in [0.05, 0.1) is 21.7 Å². The molecule has 4 heterocycles. The number of imidazole rings is 1. The van der Waals surface area contributed by atoms with Crippen molar-refractivity contribution in [3.05, 3.63) is 59.9 Å². The fourth-order valence-corrected chi connectivity index (χ4v) is 3.89.